The standard InChI is InChI=1S/C11H12Cl2N4S/c1-17-7(4-8(12)9(17)13)5-14-11-15-10(16-18-11)6-2-3-6/h4,6H,2-3,5H2,1H3,(H,14,15,16). The van der Waals surface area contributed by atoms with Gasteiger partial charge in [0.15, 0.2) is 0 Å². The molecule has 2 aromatic heterocycles. The molecule has 0 bridgehead atoms. The number of anilines is 1. The molecule has 0 spiro atoms. The lowest BCUT2D eigenvalue weighted by Crippen LogP contribution is -2.04. The van der Waals surface area contributed by atoms with Crippen LogP contribution in [0.1, 0.15) is 30.3 Å². The lowest BCUT2D eigenvalue weighted by Gasteiger charge is -2.04. The molecule has 0 unspecified atom stereocenters. The molecule has 0 saturated heterocycles. The van der Waals surface area contributed by atoms with Crippen LogP contribution in [0.25, 0.3) is 0 Å². The Hall–Kier alpha value is -0.780. The van der Waals surface area contributed by atoms with E-state index < -0.39 is 0 Å². The maximum Gasteiger partial charge on any atom is 0.202 e. The van der Waals surface area contributed by atoms with Crippen molar-refractivity contribution in [2.24, 2.45) is 7.05 Å². The SMILES string of the molecule is Cn1c(CNc2nc(C3CC3)ns2)cc(Cl)c1Cl. The van der Waals surface area contributed by atoms with Crippen LogP contribution in [-0.4, -0.2) is 13.9 Å². The topological polar surface area (TPSA) is 42.7 Å². The lowest BCUT2D eigenvalue weighted by atomic mass is 10.4. The van der Waals surface area contributed by atoms with E-state index in [9.17, 15) is 0 Å². The minimum absolute atomic E-state index is 0.560. The summed E-state index contributed by atoms with van der Waals surface area (Å²) in [6.07, 6.45) is 2.44. The van der Waals surface area contributed by atoms with Gasteiger partial charge in [-0.05, 0) is 18.9 Å². The average Bonchev–Trinajstić information content (AvgIpc) is 3.06. The molecule has 18 heavy (non-hydrogen) atoms. The summed E-state index contributed by atoms with van der Waals surface area (Å²) in [5, 5.41) is 5.24. The van der Waals surface area contributed by atoms with Gasteiger partial charge in [0.2, 0.25) is 5.13 Å². The van der Waals surface area contributed by atoms with Crippen molar-refractivity contribution < 1.29 is 0 Å². The molecule has 1 aliphatic rings. The molecule has 96 valence electrons. The van der Waals surface area contributed by atoms with E-state index in [2.05, 4.69) is 14.7 Å². The third-order valence-corrected chi connectivity index (χ3v) is 4.55. The van der Waals surface area contributed by atoms with Crippen molar-refractivity contribution in [3.8, 4) is 0 Å². The molecule has 4 nitrogen and oxygen atoms in total. The van der Waals surface area contributed by atoms with E-state index in [0.717, 1.165) is 16.6 Å². The highest BCUT2D eigenvalue weighted by molar-refractivity contribution is 7.09. The maximum atomic E-state index is 6.01. The maximum absolute atomic E-state index is 6.01. The van der Waals surface area contributed by atoms with E-state index in [1.54, 1.807) is 0 Å². The second-order valence-electron chi connectivity index (χ2n) is 4.42. The smallest absolute Gasteiger partial charge is 0.202 e. The zero-order valence-corrected chi connectivity index (χ0v) is 12.1. The number of halogens is 2. The van der Waals surface area contributed by atoms with Crippen molar-refractivity contribution in [1.82, 2.24) is 13.9 Å². The summed E-state index contributed by atoms with van der Waals surface area (Å²) in [5.74, 6) is 1.57. The van der Waals surface area contributed by atoms with Crippen LogP contribution in [0, 0.1) is 0 Å². The second kappa shape index (κ2) is 4.72. The Bertz CT molecular complexity index is 574. The van der Waals surface area contributed by atoms with Gasteiger partial charge in [0.05, 0.1) is 11.6 Å². The first-order valence-corrected chi connectivity index (χ1v) is 7.25. The predicted molar refractivity (Wildman–Crippen MR) is 74.6 cm³/mol. The molecule has 2 heterocycles. The van der Waals surface area contributed by atoms with Gasteiger partial charge in [-0.1, -0.05) is 23.2 Å². The number of hydrogen-bond donors (Lipinski definition) is 1. The van der Waals surface area contributed by atoms with Crippen molar-refractivity contribution in [3.63, 3.8) is 0 Å². The summed E-state index contributed by atoms with van der Waals surface area (Å²) in [6.45, 7) is 0.641. The fourth-order valence-corrected chi connectivity index (χ4v) is 2.80. The van der Waals surface area contributed by atoms with Gasteiger partial charge < -0.3 is 9.88 Å². The first-order valence-electron chi connectivity index (χ1n) is 5.72. The number of nitrogens with zero attached hydrogens (tertiary/aromatic N) is 3. The third-order valence-electron chi connectivity index (χ3n) is 3.02. The van der Waals surface area contributed by atoms with Crippen LogP contribution < -0.4 is 5.32 Å². The lowest BCUT2D eigenvalue weighted by molar-refractivity contribution is 0.841. The zero-order valence-electron chi connectivity index (χ0n) is 9.78. The summed E-state index contributed by atoms with van der Waals surface area (Å²) in [6, 6.07) is 1.86. The molecular formula is C11H12Cl2N4S. The Morgan fingerprint density at radius 2 is 2.28 bits per heavy atom. The van der Waals surface area contributed by atoms with E-state index in [1.165, 1.54) is 24.4 Å². The highest BCUT2D eigenvalue weighted by Crippen LogP contribution is 2.39. The van der Waals surface area contributed by atoms with Gasteiger partial charge in [0.1, 0.15) is 11.0 Å². The molecular weight excluding hydrogens is 291 g/mol. The van der Waals surface area contributed by atoms with E-state index in [4.69, 9.17) is 23.2 Å². The highest BCUT2D eigenvalue weighted by Gasteiger charge is 2.27. The summed E-state index contributed by atoms with van der Waals surface area (Å²) in [5.41, 5.74) is 1.02. The number of aromatic nitrogens is 3. The number of hydrogen-bond acceptors (Lipinski definition) is 4. The van der Waals surface area contributed by atoms with Crippen LogP contribution >= 0.6 is 34.7 Å². The van der Waals surface area contributed by atoms with Crippen LogP contribution in [-0.2, 0) is 13.6 Å². The average molecular weight is 303 g/mol. The van der Waals surface area contributed by atoms with Crippen molar-refractivity contribution >= 4 is 39.9 Å². The van der Waals surface area contributed by atoms with Gasteiger partial charge in [-0.25, -0.2) is 4.98 Å². The molecule has 0 aliphatic heterocycles. The van der Waals surface area contributed by atoms with Gasteiger partial charge in [0, 0.05) is 30.2 Å². The third kappa shape index (κ3) is 2.35. The Balaban J connectivity index is 1.67. The number of rotatable bonds is 4. The van der Waals surface area contributed by atoms with Crippen LogP contribution in [0.15, 0.2) is 6.07 Å². The molecule has 1 aliphatic carbocycles. The molecule has 0 aromatic carbocycles. The first kappa shape index (κ1) is 12.3. The quantitative estimate of drug-likeness (QED) is 0.937. The van der Waals surface area contributed by atoms with E-state index >= 15 is 0 Å². The minimum Gasteiger partial charge on any atom is -0.355 e. The van der Waals surface area contributed by atoms with Gasteiger partial charge in [-0.2, -0.15) is 4.37 Å². The molecule has 1 fully saturated rings. The fourth-order valence-electron chi connectivity index (χ4n) is 1.74. The molecule has 1 saturated carbocycles. The van der Waals surface area contributed by atoms with E-state index in [-0.39, 0.29) is 0 Å². The van der Waals surface area contributed by atoms with Crippen molar-refractivity contribution in [1.29, 1.82) is 0 Å². The molecule has 0 amide bonds. The Morgan fingerprint density at radius 3 is 2.89 bits per heavy atom. The van der Waals surface area contributed by atoms with Crippen molar-refractivity contribution in [2.45, 2.75) is 25.3 Å². The van der Waals surface area contributed by atoms with Crippen LogP contribution in [0.2, 0.25) is 10.2 Å². The Morgan fingerprint density at radius 1 is 1.50 bits per heavy atom. The van der Waals surface area contributed by atoms with Crippen LogP contribution in [0.5, 0.6) is 0 Å². The zero-order chi connectivity index (χ0) is 12.7. The molecule has 0 atom stereocenters. The van der Waals surface area contributed by atoms with Crippen molar-refractivity contribution in [3.05, 3.63) is 27.8 Å². The summed E-state index contributed by atoms with van der Waals surface area (Å²) in [4.78, 5) is 4.47. The first-order chi connectivity index (χ1) is 8.65. The van der Waals surface area contributed by atoms with Gasteiger partial charge >= 0.3 is 0 Å². The summed E-state index contributed by atoms with van der Waals surface area (Å²) < 4.78 is 6.21. The number of nitrogens with one attached hydrogen (secondary N) is 1. The molecule has 7 heteroatoms. The van der Waals surface area contributed by atoms with Gasteiger partial charge in [-0.15, -0.1) is 0 Å². The fraction of sp³-hybridized carbons (Fsp3) is 0.455. The van der Waals surface area contributed by atoms with Crippen LogP contribution in [0.4, 0.5) is 5.13 Å². The monoisotopic (exact) mass is 302 g/mol. The highest BCUT2D eigenvalue weighted by atomic mass is 35.5. The largest absolute Gasteiger partial charge is 0.355 e. The van der Waals surface area contributed by atoms with E-state index in [1.807, 2.05) is 17.7 Å². The molecule has 3 rings (SSSR count). The normalized spacial score (nSPS) is 15.1. The Labute approximate surface area is 119 Å². The summed E-state index contributed by atoms with van der Waals surface area (Å²) >= 11 is 13.4. The van der Waals surface area contributed by atoms with Crippen LogP contribution in [0.3, 0.4) is 0 Å². The molecule has 0 radical (unpaired) electrons. The molecule has 2 aromatic rings. The second-order valence-corrected chi connectivity index (χ2v) is 5.94. The van der Waals surface area contributed by atoms with Gasteiger partial charge in [-0.3, -0.25) is 0 Å². The molecule has 1 N–H and O–H groups in total. The van der Waals surface area contributed by atoms with Gasteiger partial charge in [0.25, 0.3) is 0 Å². The van der Waals surface area contributed by atoms with E-state index in [0.29, 0.717) is 22.6 Å². The predicted octanol–water partition coefficient (Wildman–Crippen LogP) is 3.67. The Kier molecular flexibility index (Phi) is 3.21. The minimum atomic E-state index is 0.560. The summed E-state index contributed by atoms with van der Waals surface area (Å²) in [7, 11) is 1.89. The van der Waals surface area contributed by atoms with Crippen molar-refractivity contribution in [2.75, 3.05) is 5.32 Å².